The molecule has 0 aromatic heterocycles. The molecule has 3 nitrogen and oxygen atoms in total. The summed E-state index contributed by atoms with van der Waals surface area (Å²) in [5.74, 6) is 1.54. The van der Waals surface area contributed by atoms with Gasteiger partial charge in [-0.3, -0.25) is 4.18 Å². The third-order valence-corrected chi connectivity index (χ3v) is 6.76. The summed E-state index contributed by atoms with van der Waals surface area (Å²) >= 11 is 0. The highest BCUT2D eigenvalue weighted by Gasteiger charge is 2.70. The Morgan fingerprint density at radius 2 is 2.07 bits per heavy atom. The van der Waals surface area contributed by atoms with Crippen LogP contribution in [0.5, 0.6) is 0 Å². The fraction of sp³-hybridized carbons (Fsp3) is 1.00. The van der Waals surface area contributed by atoms with Crippen molar-refractivity contribution in [1.29, 1.82) is 0 Å². The average Bonchev–Trinajstić information content (AvgIpc) is 2.55. The highest BCUT2D eigenvalue weighted by Crippen LogP contribution is 2.65. The topological polar surface area (TPSA) is 43.4 Å². The van der Waals surface area contributed by atoms with Gasteiger partial charge in [-0.05, 0) is 30.6 Å². The molecule has 5 unspecified atom stereocenters. The summed E-state index contributed by atoms with van der Waals surface area (Å²) in [5, 5.41) is -0.213. The van der Waals surface area contributed by atoms with Crippen molar-refractivity contribution < 1.29 is 12.6 Å². The van der Waals surface area contributed by atoms with Crippen molar-refractivity contribution in [2.24, 2.45) is 23.2 Å². The molecule has 86 valence electrons. The van der Waals surface area contributed by atoms with Crippen molar-refractivity contribution in [3.63, 3.8) is 0 Å². The summed E-state index contributed by atoms with van der Waals surface area (Å²) in [4.78, 5) is 0. The van der Waals surface area contributed by atoms with E-state index in [0.29, 0.717) is 17.8 Å². The predicted molar refractivity (Wildman–Crippen MR) is 56.7 cm³/mol. The van der Waals surface area contributed by atoms with Gasteiger partial charge in [-0.15, -0.1) is 0 Å². The summed E-state index contributed by atoms with van der Waals surface area (Å²) in [6, 6.07) is 0. The van der Waals surface area contributed by atoms with Crippen LogP contribution in [0.15, 0.2) is 0 Å². The third-order valence-electron chi connectivity index (χ3n) is 4.85. The zero-order valence-corrected chi connectivity index (χ0v) is 10.3. The maximum atomic E-state index is 11.8. The van der Waals surface area contributed by atoms with Gasteiger partial charge >= 0.3 is 0 Å². The van der Waals surface area contributed by atoms with E-state index in [9.17, 15) is 8.42 Å². The van der Waals surface area contributed by atoms with E-state index in [4.69, 9.17) is 4.18 Å². The molecule has 5 atom stereocenters. The van der Waals surface area contributed by atoms with Crippen LogP contribution in [0.4, 0.5) is 0 Å². The van der Waals surface area contributed by atoms with Gasteiger partial charge in [-0.1, -0.05) is 20.8 Å². The first kappa shape index (κ1) is 10.1. The Hall–Kier alpha value is -0.0900. The van der Waals surface area contributed by atoms with Crippen LogP contribution in [0, 0.1) is 23.2 Å². The highest BCUT2D eigenvalue weighted by molar-refractivity contribution is 7.87. The Bertz CT molecular complexity index is 400. The van der Waals surface area contributed by atoms with Crippen LogP contribution in [0.1, 0.15) is 33.6 Å². The van der Waals surface area contributed by atoms with Crippen LogP contribution in [-0.2, 0) is 14.3 Å². The van der Waals surface area contributed by atoms with Gasteiger partial charge in [0.25, 0.3) is 10.1 Å². The summed E-state index contributed by atoms with van der Waals surface area (Å²) < 4.78 is 29.0. The number of rotatable bonds is 1. The van der Waals surface area contributed by atoms with Crippen molar-refractivity contribution in [1.82, 2.24) is 0 Å². The van der Waals surface area contributed by atoms with Crippen LogP contribution < -0.4 is 0 Å². The van der Waals surface area contributed by atoms with Crippen LogP contribution in [0.25, 0.3) is 0 Å². The second-order valence-electron chi connectivity index (χ2n) is 6.03. The maximum absolute atomic E-state index is 11.8. The van der Waals surface area contributed by atoms with E-state index in [2.05, 4.69) is 20.8 Å². The first-order valence-corrected chi connectivity index (χ1v) is 7.25. The number of fused-ring (bicyclic) bond motifs is 1. The lowest BCUT2D eigenvalue weighted by molar-refractivity contribution is 0.0586. The van der Waals surface area contributed by atoms with Crippen molar-refractivity contribution in [2.45, 2.75) is 45.0 Å². The molecule has 3 rings (SSSR count). The molecular weight excluding hydrogens is 212 g/mol. The Labute approximate surface area is 91.3 Å². The van der Waals surface area contributed by atoms with E-state index in [1.807, 2.05) is 0 Å². The third kappa shape index (κ3) is 1.02. The smallest absolute Gasteiger partial charge is 0.266 e. The fourth-order valence-electron chi connectivity index (χ4n) is 4.33. The minimum absolute atomic E-state index is 0.0359. The van der Waals surface area contributed by atoms with Gasteiger partial charge in [0.05, 0.1) is 11.4 Å². The molecule has 0 aromatic carbocycles. The molecule has 0 amide bonds. The molecule has 15 heavy (non-hydrogen) atoms. The van der Waals surface area contributed by atoms with E-state index in [1.165, 1.54) is 0 Å². The van der Waals surface area contributed by atoms with Gasteiger partial charge in [-0.2, -0.15) is 8.42 Å². The van der Waals surface area contributed by atoms with E-state index in [1.54, 1.807) is 0 Å². The highest BCUT2D eigenvalue weighted by atomic mass is 32.2. The molecule has 0 aromatic rings. The molecule has 4 heteroatoms. The zero-order valence-electron chi connectivity index (χ0n) is 9.43. The SMILES string of the molecule is CC(C)C1C2CC3C(C)(C2)C1OS3(=O)=O. The molecule has 3 fully saturated rings. The maximum Gasteiger partial charge on any atom is 0.271 e. The lowest BCUT2D eigenvalue weighted by Crippen LogP contribution is -2.39. The van der Waals surface area contributed by atoms with Crippen molar-refractivity contribution in [3.05, 3.63) is 0 Å². The van der Waals surface area contributed by atoms with E-state index >= 15 is 0 Å². The largest absolute Gasteiger partial charge is 0.271 e. The van der Waals surface area contributed by atoms with Crippen molar-refractivity contribution >= 4 is 10.1 Å². The Morgan fingerprint density at radius 3 is 2.67 bits per heavy atom. The van der Waals surface area contributed by atoms with Crippen molar-refractivity contribution in [2.75, 3.05) is 0 Å². The van der Waals surface area contributed by atoms with Crippen LogP contribution in [-0.4, -0.2) is 19.8 Å². The first-order valence-electron chi connectivity index (χ1n) is 5.78. The summed E-state index contributed by atoms with van der Waals surface area (Å²) in [5.41, 5.74) is -0.0849. The van der Waals surface area contributed by atoms with Crippen LogP contribution in [0.2, 0.25) is 0 Å². The van der Waals surface area contributed by atoms with E-state index in [0.717, 1.165) is 12.8 Å². The standard InChI is InChI=1S/C11H18O3S/c1-6(2)9-7-4-8-11(3,5-7)10(9)14-15(8,12)13/h6-10H,4-5H2,1-3H3. The quantitative estimate of drug-likeness (QED) is 0.645. The Morgan fingerprint density at radius 1 is 1.40 bits per heavy atom. The zero-order chi connectivity index (χ0) is 11.0. The normalized spacial score (nSPS) is 55.5. The van der Waals surface area contributed by atoms with Gasteiger partial charge in [-0.25, -0.2) is 0 Å². The summed E-state index contributed by atoms with van der Waals surface area (Å²) in [6.45, 7) is 6.46. The first-order chi connectivity index (χ1) is 6.86. The molecule has 1 heterocycles. The van der Waals surface area contributed by atoms with Gasteiger partial charge in [0.2, 0.25) is 0 Å². The lowest BCUT2D eigenvalue weighted by atomic mass is 9.74. The second-order valence-corrected chi connectivity index (χ2v) is 7.77. The molecule has 2 bridgehead atoms. The Kier molecular flexibility index (Phi) is 1.74. The fourth-order valence-corrected chi connectivity index (χ4v) is 6.47. The molecule has 0 radical (unpaired) electrons. The average molecular weight is 230 g/mol. The Balaban J connectivity index is 2.09. The van der Waals surface area contributed by atoms with Crippen LogP contribution >= 0.6 is 0 Å². The summed E-state index contributed by atoms with van der Waals surface area (Å²) in [7, 11) is -3.26. The molecule has 0 spiro atoms. The van der Waals surface area contributed by atoms with Gasteiger partial charge < -0.3 is 0 Å². The van der Waals surface area contributed by atoms with Crippen LogP contribution in [0.3, 0.4) is 0 Å². The molecule has 2 saturated carbocycles. The summed E-state index contributed by atoms with van der Waals surface area (Å²) in [6.07, 6.45) is 1.84. The number of hydrogen-bond donors (Lipinski definition) is 0. The van der Waals surface area contributed by atoms with Crippen molar-refractivity contribution in [3.8, 4) is 0 Å². The van der Waals surface area contributed by atoms with Gasteiger partial charge in [0.15, 0.2) is 0 Å². The molecule has 1 aliphatic heterocycles. The lowest BCUT2D eigenvalue weighted by Gasteiger charge is -2.32. The monoisotopic (exact) mass is 230 g/mol. The number of hydrogen-bond acceptors (Lipinski definition) is 3. The van der Waals surface area contributed by atoms with Gasteiger partial charge in [0, 0.05) is 5.41 Å². The van der Waals surface area contributed by atoms with Gasteiger partial charge in [0.1, 0.15) is 0 Å². The molecule has 2 aliphatic carbocycles. The minimum atomic E-state index is -3.26. The minimum Gasteiger partial charge on any atom is -0.266 e. The van der Waals surface area contributed by atoms with E-state index < -0.39 is 10.1 Å². The van der Waals surface area contributed by atoms with E-state index in [-0.39, 0.29) is 16.8 Å². The molecule has 0 N–H and O–H groups in total. The molecule has 3 aliphatic rings. The molecular formula is C11H18O3S. The molecule has 1 saturated heterocycles. The second kappa shape index (κ2) is 2.59. The predicted octanol–water partition coefficient (Wildman–Crippen LogP) is 1.79.